The van der Waals surface area contributed by atoms with Gasteiger partial charge >= 0.3 is 16.4 Å². The summed E-state index contributed by atoms with van der Waals surface area (Å²) >= 11 is 0. The molecule has 3 saturated heterocycles. The van der Waals surface area contributed by atoms with Crippen LogP contribution in [0.25, 0.3) is 0 Å². The van der Waals surface area contributed by atoms with E-state index >= 15 is 0 Å². The summed E-state index contributed by atoms with van der Waals surface area (Å²) in [6.07, 6.45) is 2.23. The largest absolute Gasteiger partial charge is 0.418 e. The van der Waals surface area contributed by atoms with Gasteiger partial charge in [-0.2, -0.15) is 13.5 Å². The summed E-state index contributed by atoms with van der Waals surface area (Å²) < 4.78 is 34.7. The zero-order chi connectivity index (χ0) is 17.3. The molecule has 2 bridgehead atoms. The van der Waals surface area contributed by atoms with Crippen molar-refractivity contribution in [1.29, 1.82) is 0 Å². The second-order valence-corrected chi connectivity index (χ2v) is 7.05. The van der Waals surface area contributed by atoms with Crippen LogP contribution in [0.5, 0.6) is 0 Å². The van der Waals surface area contributed by atoms with Gasteiger partial charge in [0.2, 0.25) is 0 Å². The molecule has 2 atom stereocenters. The van der Waals surface area contributed by atoms with Crippen LogP contribution in [0, 0.1) is 0 Å². The van der Waals surface area contributed by atoms with E-state index in [1.807, 2.05) is 0 Å². The van der Waals surface area contributed by atoms with Crippen LogP contribution in [0.15, 0.2) is 0 Å². The third-order valence-electron chi connectivity index (χ3n) is 4.41. The number of nitrogens with zero attached hydrogens (tertiary/aromatic N) is 2. The first kappa shape index (κ1) is 17.4. The highest BCUT2D eigenvalue weighted by atomic mass is 32.3. The van der Waals surface area contributed by atoms with Crippen molar-refractivity contribution in [3.05, 3.63) is 0 Å². The van der Waals surface area contributed by atoms with Crippen LogP contribution in [-0.4, -0.2) is 72.7 Å². The Morgan fingerprint density at radius 1 is 1.25 bits per heavy atom. The van der Waals surface area contributed by atoms with E-state index in [4.69, 9.17) is 9.39 Å². The van der Waals surface area contributed by atoms with E-state index in [1.165, 1.54) is 4.90 Å². The summed E-state index contributed by atoms with van der Waals surface area (Å²) in [5, 5.41) is 3.79. The molecule has 3 aliphatic rings. The van der Waals surface area contributed by atoms with Gasteiger partial charge in [-0.05, 0) is 38.8 Å². The number of rotatable bonds is 5. The molecule has 0 aromatic rings. The number of hydrogen-bond donors (Lipinski definition) is 3. The normalized spacial score (nSPS) is 28.3. The van der Waals surface area contributed by atoms with Crippen molar-refractivity contribution in [3.63, 3.8) is 0 Å². The molecule has 3 heterocycles. The average molecular weight is 364 g/mol. The summed E-state index contributed by atoms with van der Waals surface area (Å²) in [4.78, 5) is 31.1. The fourth-order valence-corrected chi connectivity index (χ4v) is 3.62. The van der Waals surface area contributed by atoms with Crippen LogP contribution in [0.1, 0.15) is 25.7 Å². The lowest BCUT2D eigenvalue weighted by molar-refractivity contribution is -0.145. The number of fused-ring (bicyclic) bond motifs is 2. The molecule has 1 unspecified atom stereocenters. The summed E-state index contributed by atoms with van der Waals surface area (Å²) in [7, 11) is -4.79. The maximum Gasteiger partial charge on any atom is 0.418 e. The van der Waals surface area contributed by atoms with Crippen LogP contribution >= 0.6 is 0 Å². The summed E-state index contributed by atoms with van der Waals surface area (Å²) in [6, 6.07) is -2.04. The van der Waals surface area contributed by atoms with Gasteiger partial charge in [0.05, 0.1) is 12.1 Å². The quantitative estimate of drug-likeness (QED) is 0.408. The average Bonchev–Trinajstić information content (AvgIpc) is 2.77. The second kappa shape index (κ2) is 6.80. The molecule has 11 nitrogen and oxygen atoms in total. The minimum Gasteiger partial charge on any atom is -0.317 e. The highest BCUT2D eigenvalue weighted by Gasteiger charge is 2.49. The SMILES string of the molecule is O=C(NOC1CCNCC1)[C@@H]1CCC2CN1C(=O)N2OS(=O)(=O)O. The predicted octanol–water partition coefficient (Wildman–Crippen LogP) is -1.21. The maximum absolute atomic E-state index is 12.3. The Labute approximate surface area is 139 Å². The lowest BCUT2D eigenvalue weighted by Gasteiger charge is -2.30. The summed E-state index contributed by atoms with van der Waals surface area (Å²) in [5.74, 6) is -0.450. The fraction of sp³-hybridized carbons (Fsp3) is 0.833. The van der Waals surface area contributed by atoms with E-state index in [1.54, 1.807) is 0 Å². The maximum atomic E-state index is 12.3. The van der Waals surface area contributed by atoms with Crippen LogP contribution in [0.2, 0.25) is 0 Å². The Morgan fingerprint density at radius 2 is 1.96 bits per heavy atom. The number of carbonyl (C=O) groups excluding carboxylic acids is 2. The molecular formula is C12H20N4O7S. The van der Waals surface area contributed by atoms with Crippen molar-refractivity contribution in [3.8, 4) is 0 Å². The highest BCUT2D eigenvalue weighted by Crippen LogP contribution is 2.30. The Balaban J connectivity index is 1.58. The third kappa shape index (κ3) is 3.78. The first-order valence-corrected chi connectivity index (χ1v) is 9.15. The molecule has 136 valence electrons. The third-order valence-corrected chi connectivity index (χ3v) is 4.76. The highest BCUT2D eigenvalue weighted by molar-refractivity contribution is 7.80. The van der Waals surface area contributed by atoms with E-state index in [0.717, 1.165) is 25.9 Å². The molecule has 12 heteroatoms. The van der Waals surface area contributed by atoms with Gasteiger partial charge in [0.15, 0.2) is 0 Å². The molecule has 0 aliphatic carbocycles. The number of amides is 3. The topological polar surface area (TPSA) is 138 Å². The molecule has 0 aromatic carbocycles. The van der Waals surface area contributed by atoms with Crippen LogP contribution in [-0.2, 0) is 24.3 Å². The second-order valence-electron chi connectivity index (χ2n) is 6.04. The Bertz CT molecular complexity index is 607. The fourth-order valence-electron chi connectivity index (χ4n) is 3.23. The first-order valence-electron chi connectivity index (χ1n) is 7.78. The lowest BCUT2D eigenvalue weighted by atomic mass is 10.0. The molecule has 3 amide bonds. The van der Waals surface area contributed by atoms with E-state index in [9.17, 15) is 18.0 Å². The van der Waals surface area contributed by atoms with Gasteiger partial charge < -0.3 is 10.2 Å². The summed E-state index contributed by atoms with van der Waals surface area (Å²) in [6.45, 7) is 1.79. The molecule has 3 fully saturated rings. The van der Waals surface area contributed by atoms with E-state index in [2.05, 4.69) is 15.1 Å². The molecule has 24 heavy (non-hydrogen) atoms. The van der Waals surface area contributed by atoms with E-state index < -0.39 is 34.4 Å². The van der Waals surface area contributed by atoms with E-state index in [-0.39, 0.29) is 12.6 Å². The minimum atomic E-state index is -4.79. The van der Waals surface area contributed by atoms with Crippen molar-refractivity contribution in [2.45, 2.75) is 43.9 Å². The van der Waals surface area contributed by atoms with Crippen molar-refractivity contribution in [2.75, 3.05) is 19.6 Å². The van der Waals surface area contributed by atoms with Gasteiger partial charge in [0.25, 0.3) is 5.91 Å². The zero-order valence-corrected chi connectivity index (χ0v) is 13.7. The Morgan fingerprint density at radius 3 is 2.62 bits per heavy atom. The minimum absolute atomic E-state index is 0.0693. The standard InChI is InChI=1S/C12H20N4O7S/c17-11(14-22-9-3-5-13-6-4-9)10-2-1-8-7-15(10)12(18)16(8)23-24(19,20)21/h8-10,13H,1-7H2,(H,14,17)(H,19,20,21)/t8?,10-/m0/s1. The Hall–Kier alpha value is -1.47. The van der Waals surface area contributed by atoms with Crippen molar-refractivity contribution >= 4 is 22.3 Å². The Kier molecular flexibility index (Phi) is 4.92. The van der Waals surface area contributed by atoms with Crippen LogP contribution < -0.4 is 10.8 Å². The number of urea groups is 1. The van der Waals surface area contributed by atoms with Crippen LogP contribution in [0.4, 0.5) is 4.79 Å². The van der Waals surface area contributed by atoms with Crippen molar-refractivity contribution in [1.82, 2.24) is 20.8 Å². The molecule has 3 N–H and O–H groups in total. The monoisotopic (exact) mass is 364 g/mol. The smallest absolute Gasteiger partial charge is 0.317 e. The molecule has 0 aromatic heterocycles. The van der Waals surface area contributed by atoms with Crippen molar-refractivity contribution < 1.29 is 31.7 Å². The van der Waals surface area contributed by atoms with Gasteiger partial charge in [0, 0.05) is 6.54 Å². The zero-order valence-electron chi connectivity index (χ0n) is 12.9. The molecule has 0 saturated carbocycles. The van der Waals surface area contributed by atoms with Gasteiger partial charge in [0.1, 0.15) is 6.04 Å². The molecule has 3 rings (SSSR count). The van der Waals surface area contributed by atoms with E-state index in [0.29, 0.717) is 17.9 Å². The molecular weight excluding hydrogens is 344 g/mol. The number of hydroxylamine groups is 3. The van der Waals surface area contributed by atoms with Crippen LogP contribution in [0.3, 0.4) is 0 Å². The van der Waals surface area contributed by atoms with Gasteiger partial charge in [-0.3, -0.25) is 14.2 Å². The number of carbonyl (C=O) groups is 2. The van der Waals surface area contributed by atoms with Crippen molar-refractivity contribution in [2.24, 2.45) is 0 Å². The van der Waals surface area contributed by atoms with Gasteiger partial charge in [-0.1, -0.05) is 0 Å². The number of nitrogens with one attached hydrogen (secondary N) is 2. The molecule has 0 spiro atoms. The van der Waals surface area contributed by atoms with Gasteiger partial charge in [-0.25, -0.2) is 10.3 Å². The van der Waals surface area contributed by atoms with Gasteiger partial charge in [-0.15, -0.1) is 4.28 Å². The lowest BCUT2D eigenvalue weighted by Crippen LogP contribution is -2.50. The predicted molar refractivity (Wildman–Crippen MR) is 78.5 cm³/mol. The number of hydrogen-bond acceptors (Lipinski definition) is 7. The molecule has 0 radical (unpaired) electrons. The summed E-state index contributed by atoms with van der Waals surface area (Å²) in [5.41, 5.74) is 2.40. The first-order chi connectivity index (χ1) is 11.3. The number of piperidine rings is 2. The molecule has 3 aliphatic heterocycles.